The summed E-state index contributed by atoms with van der Waals surface area (Å²) >= 11 is 0. The summed E-state index contributed by atoms with van der Waals surface area (Å²) in [6.07, 6.45) is 46.0. The summed E-state index contributed by atoms with van der Waals surface area (Å²) in [5.74, 6) is -1.53. The van der Waals surface area contributed by atoms with Crippen LogP contribution in [0.1, 0.15) is 246 Å². The number of unbranched alkanes of at least 4 members (excludes halogenated alkanes) is 18. The number of rotatable bonds is 49. The van der Waals surface area contributed by atoms with Gasteiger partial charge in [0.2, 0.25) is 0 Å². The standard InChI is InChI=1S/C60H108N2O10/c1-5-9-12-15-18-19-20-21-22-23-24-25-26-30-35-42-56(63)69-51-54(53-71-58(65)44-45-59(67-49-36-31-16-13-10-6-2)68-50-37-32-17-14-11-7-3)52-70-57(64)43-38-47-62(8-4)48-39-46-61-60(66)72-55-40-33-28-27-29-34-41-55/h18-19,21-22,27-28,54-55,59H,5-17,20,23-26,29-53H2,1-4H3,(H,61,66)/b19-18-,22-21-,28-27+. The third-order valence-electron chi connectivity index (χ3n) is 13.2. The van der Waals surface area contributed by atoms with Gasteiger partial charge in [-0.05, 0) is 116 Å². The van der Waals surface area contributed by atoms with Crippen LogP contribution in [0.25, 0.3) is 0 Å². The normalized spacial score (nSPS) is 14.9. The van der Waals surface area contributed by atoms with Crippen molar-refractivity contribution in [2.45, 2.75) is 258 Å². The highest BCUT2D eigenvalue weighted by Crippen LogP contribution is 2.17. The highest BCUT2D eigenvalue weighted by Gasteiger charge is 2.20. The monoisotopic (exact) mass is 1020 g/mol. The minimum atomic E-state index is -0.495. The minimum Gasteiger partial charge on any atom is -0.465 e. The quantitative estimate of drug-likeness (QED) is 0.0205. The van der Waals surface area contributed by atoms with E-state index in [-0.39, 0.29) is 56.8 Å². The second kappa shape index (κ2) is 51.3. The van der Waals surface area contributed by atoms with Crippen molar-refractivity contribution in [3.63, 3.8) is 0 Å². The van der Waals surface area contributed by atoms with E-state index in [9.17, 15) is 19.2 Å². The Morgan fingerprint density at radius 2 is 1.06 bits per heavy atom. The number of nitrogens with one attached hydrogen (secondary N) is 1. The molecule has 0 fully saturated rings. The van der Waals surface area contributed by atoms with E-state index >= 15 is 0 Å². The van der Waals surface area contributed by atoms with E-state index < -0.39 is 18.2 Å². The van der Waals surface area contributed by atoms with Crippen molar-refractivity contribution in [1.29, 1.82) is 0 Å². The van der Waals surface area contributed by atoms with Gasteiger partial charge in [0.15, 0.2) is 6.29 Å². The molecule has 12 heteroatoms. The van der Waals surface area contributed by atoms with Crippen LogP contribution in [0.4, 0.5) is 4.79 Å². The zero-order valence-corrected chi connectivity index (χ0v) is 46.6. The zero-order valence-electron chi connectivity index (χ0n) is 46.6. The first kappa shape index (κ1) is 66.8. The Bertz CT molecular complexity index is 1350. The Hall–Kier alpha value is -3.22. The summed E-state index contributed by atoms with van der Waals surface area (Å²) < 4.78 is 35.0. The van der Waals surface area contributed by atoms with E-state index in [4.69, 9.17) is 28.4 Å². The summed E-state index contributed by atoms with van der Waals surface area (Å²) in [6, 6.07) is 0. The van der Waals surface area contributed by atoms with Gasteiger partial charge in [-0.2, -0.15) is 0 Å². The van der Waals surface area contributed by atoms with Gasteiger partial charge in [-0.1, -0.05) is 160 Å². The summed E-state index contributed by atoms with van der Waals surface area (Å²) in [4.78, 5) is 53.6. The molecule has 0 saturated heterocycles. The lowest BCUT2D eigenvalue weighted by Crippen LogP contribution is -2.33. The molecular weight excluding hydrogens is 909 g/mol. The Balaban J connectivity index is 2.61. The number of esters is 3. The number of carbonyl (C=O) groups excluding carboxylic acids is 4. The smallest absolute Gasteiger partial charge is 0.407 e. The van der Waals surface area contributed by atoms with Crippen molar-refractivity contribution in [3.05, 3.63) is 36.5 Å². The molecule has 0 saturated carbocycles. The first-order chi connectivity index (χ1) is 35.3. The number of hydrogen-bond acceptors (Lipinski definition) is 11. The van der Waals surface area contributed by atoms with Gasteiger partial charge in [0.25, 0.3) is 0 Å². The SMILES string of the molecule is CCCCC/C=C\C/C=C\CCCCCCCC(=O)OCC(COC(=O)CCCN(CC)CCCNC(=O)OC1CC/C=C/CCC1)COC(=O)CCC(OCCCCCCCC)OCCCCCCCC. The summed E-state index contributed by atoms with van der Waals surface area (Å²) in [5.41, 5.74) is 0. The Kier molecular flexibility index (Phi) is 47.6. The fourth-order valence-electron chi connectivity index (χ4n) is 8.52. The van der Waals surface area contributed by atoms with E-state index in [1.165, 1.54) is 77.0 Å². The fourth-order valence-corrected chi connectivity index (χ4v) is 8.52. The van der Waals surface area contributed by atoms with E-state index in [0.717, 1.165) is 122 Å². The highest BCUT2D eigenvalue weighted by molar-refractivity contribution is 5.70. The maximum atomic E-state index is 13.1. The second-order valence-electron chi connectivity index (χ2n) is 20.0. The molecule has 0 radical (unpaired) electrons. The van der Waals surface area contributed by atoms with Crippen LogP contribution in [0.15, 0.2) is 36.5 Å². The molecule has 0 aromatic rings. The molecule has 0 heterocycles. The van der Waals surface area contributed by atoms with Crippen LogP contribution >= 0.6 is 0 Å². The average molecular weight is 1020 g/mol. The fraction of sp³-hybridized carbons (Fsp3) is 0.833. The lowest BCUT2D eigenvalue weighted by molar-refractivity contribution is -0.162. The number of amides is 1. The van der Waals surface area contributed by atoms with Crippen molar-refractivity contribution in [3.8, 4) is 0 Å². The summed E-state index contributed by atoms with van der Waals surface area (Å²) in [7, 11) is 0. The number of carbonyl (C=O) groups is 4. The van der Waals surface area contributed by atoms with Crippen molar-refractivity contribution in [2.24, 2.45) is 5.92 Å². The van der Waals surface area contributed by atoms with Gasteiger partial charge in [0.1, 0.15) is 25.9 Å². The van der Waals surface area contributed by atoms with Crippen molar-refractivity contribution in [1.82, 2.24) is 10.2 Å². The van der Waals surface area contributed by atoms with E-state index in [0.29, 0.717) is 45.6 Å². The van der Waals surface area contributed by atoms with E-state index in [1.807, 2.05) is 0 Å². The van der Waals surface area contributed by atoms with Crippen molar-refractivity contribution >= 4 is 24.0 Å². The summed E-state index contributed by atoms with van der Waals surface area (Å²) in [6.45, 7) is 12.7. The third kappa shape index (κ3) is 44.3. The molecule has 1 amide bonds. The van der Waals surface area contributed by atoms with Gasteiger partial charge < -0.3 is 38.6 Å². The molecule has 0 aromatic carbocycles. The molecule has 72 heavy (non-hydrogen) atoms. The van der Waals surface area contributed by atoms with E-state index in [2.05, 4.69) is 74.4 Å². The molecule has 0 spiro atoms. The maximum Gasteiger partial charge on any atom is 0.407 e. The predicted molar refractivity (Wildman–Crippen MR) is 294 cm³/mol. The van der Waals surface area contributed by atoms with Crippen LogP contribution in [0.2, 0.25) is 0 Å². The molecule has 1 N–H and O–H groups in total. The molecular formula is C60H108N2O10. The molecule has 0 bridgehead atoms. The maximum absolute atomic E-state index is 13.1. The third-order valence-corrected chi connectivity index (χ3v) is 13.2. The molecule has 418 valence electrons. The molecule has 2 atom stereocenters. The largest absolute Gasteiger partial charge is 0.465 e. The second-order valence-corrected chi connectivity index (χ2v) is 20.0. The zero-order chi connectivity index (χ0) is 52.2. The minimum absolute atomic E-state index is 0.00575. The molecule has 1 aliphatic rings. The molecule has 12 nitrogen and oxygen atoms in total. The Labute approximate surface area is 440 Å². The van der Waals surface area contributed by atoms with Gasteiger partial charge >= 0.3 is 24.0 Å². The van der Waals surface area contributed by atoms with Crippen molar-refractivity contribution in [2.75, 3.05) is 59.2 Å². The van der Waals surface area contributed by atoms with Crippen LogP contribution in [0, 0.1) is 5.92 Å². The molecule has 1 rings (SSSR count). The number of alkyl carbamates (subject to hydrolysis) is 1. The number of hydrogen-bond donors (Lipinski definition) is 1. The molecule has 0 aliphatic heterocycles. The number of allylic oxidation sites excluding steroid dienone is 6. The van der Waals surface area contributed by atoms with E-state index in [1.54, 1.807) is 0 Å². The first-order valence-electron chi connectivity index (χ1n) is 29.6. The molecule has 0 aromatic heterocycles. The molecule has 2 unspecified atom stereocenters. The van der Waals surface area contributed by atoms with Gasteiger partial charge in [-0.3, -0.25) is 14.4 Å². The van der Waals surface area contributed by atoms with Gasteiger partial charge in [0.05, 0.1) is 12.3 Å². The van der Waals surface area contributed by atoms with Gasteiger partial charge in [0, 0.05) is 39.0 Å². The lowest BCUT2D eigenvalue weighted by Gasteiger charge is -2.21. The highest BCUT2D eigenvalue weighted by atomic mass is 16.7. The van der Waals surface area contributed by atoms with Crippen LogP contribution < -0.4 is 5.32 Å². The number of ether oxygens (including phenoxy) is 6. The van der Waals surface area contributed by atoms with Crippen molar-refractivity contribution < 1.29 is 47.6 Å². The van der Waals surface area contributed by atoms with Crippen LogP contribution in [-0.2, 0) is 42.8 Å². The molecule has 1 aliphatic carbocycles. The topological polar surface area (TPSA) is 139 Å². The summed E-state index contributed by atoms with van der Waals surface area (Å²) in [5, 5.41) is 2.90. The van der Waals surface area contributed by atoms with Crippen LogP contribution in [0.3, 0.4) is 0 Å². The van der Waals surface area contributed by atoms with Gasteiger partial charge in [-0.25, -0.2) is 4.79 Å². The first-order valence-corrected chi connectivity index (χ1v) is 29.6. The predicted octanol–water partition coefficient (Wildman–Crippen LogP) is 15.0. The average Bonchev–Trinajstić information content (AvgIpc) is 3.37. The lowest BCUT2D eigenvalue weighted by atomic mass is 10.0. The Morgan fingerprint density at radius 1 is 0.556 bits per heavy atom. The van der Waals surface area contributed by atoms with Gasteiger partial charge in [-0.15, -0.1) is 0 Å². The Morgan fingerprint density at radius 3 is 1.67 bits per heavy atom. The van der Waals surface area contributed by atoms with Crippen LogP contribution in [0.5, 0.6) is 0 Å². The number of nitrogens with zero attached hydrogens (tertiary/aromatic N) is 1. The van der Waals surface area contributed by atoms with Crippen LogP contribution in [-0.4, -0.2) is 101 Å².